The summed E-state index contributed by atoms with van der Waals surface area (Å²) in [5.74, 6) is 1.95. The number of hydrogen-bond acceptors (Lipinski definition) is 7. The molecule has 0 saturated carbocycles. The van der Waals surface area contributed by atoms with Gasteiger partial charge in [0.05, 0.1) is 23.6 Å². The fraction of sp³-hybridized carbons (Fsp3) is 0.500. The number of benzene rings is 1. The number of rotatable bonds is 9. The molecule has 1 amide bonds. The quantitative estimate of drug-likeness (QED) is 0.464. The zero-order valence-corrected chi connectivity index (χ0v) is 20.5. The summed E-state index contributed by atoms with van der Waals surface area (Å²) in [6.45, 7) is 7.96. The number of fused-ring (bicyclic) bond motifs is 1. The van der Waals surface area contributed by atoms with Gasteiger partial charge in [-0.1, -0.05) is 18.2 Å². The fourth-order valence-electron chi connectivity index (χ4n) is 4.81. The molecule has 2 fully saturated rings. The molecule has 5 rings (SSSR count). The summed E-state index contributed by atoms with van der Waals surface area (Å²) in [4.78, 5) is 30.6. The normalized spacial score (nSPS) is 16.9. The number of carbonyl (C=O) groups excluding carboxylic acids is 1. The average Bonchev–Trinajstić information content (AvgIpc) is 3.61. The van der Waals surface area contributed by atoms with Crippen LogP contribution in [0.5, 0.6) is 0 Å². The van der Waals surface area contributed by atoms with Crippen molar-refractivity contribution in [1.29, 1.82) is 0 Å². The van der Waals surface area contributed by atoms with Gasteiger partial charge in [0.25, 0.3) is 0 Å². The van der Waals surface area contributed by atoms with Crippen molar-refractivity contribution < 1.29 is 9.53 Å². The Balaban J connectivity index is 1.39. The molecule has 2 aliphatic rings. The molecule has 2 aliphatic heterocycles. The SMILES string of the molecule is O=C(CCN(CCCN1CCOCC1)c1nc(-c2cccs2)nc2ccccc12)N1CCCC1. The topological polar surface area (TPSA) is 61.8 Å². The lowest BCUT2D eigenvalue weighted by molar-refractivity contribution is -0.129. The van der Waals surface area contributed by atoms with Gasteiger partial charge in [0.2, 0.25) is 5.91 Å². The van der Waals surface area contributed by atoms with Gasteiger partial charge in [-0.25, -0.2) is 9.97 Å². The van der Waals surface area contributed by atoms with Gasteiger partial charge < -0.3 is 14.5 Å². The standard InChI is InChI=1S/C26H33N5O2S/c32-24(30-12-3-4-13-30)10-15-31(14-6-11-29-16-18-33-19-17-29)26-21-7-1-2-8-22(21)27-25(28-26)23-9-5-20-34-23/h1-2,5,7-9,20H,3-4,6,10-19H2. The highest BCUT2D eigenvalue weighted by Gasteiger charge is 2.21. The second kappa shape index (κ2) is 11.3. The maximum absolute atomic E-state index is 12.9. The van der Waals surface area contributed by atoms with Gasteiger partial charge in [-0.05, 0) is 42.8 Å². The molecule has 180 valence electrons. The van der Waals surface area contributed by atoms with Crippen LogP contribution in [0.4, 0.5) is 5.82 Å². The van der Waals surface area contributed by atoms with Crippen molar-refractivity contribution in [1.82, 2.24) is 19.8 Å². The number of likely N-dealkylation sites (tertiary alicyclic amines) is 1. The maximum atomic E-state index is 12.9. The molecular weight excluding hydrogens is 446 g/mol. The van der Waals surface area contributed by atoms with Crippen LogP contribution in [0.2, 0.25) is 0 Å². The van der Waals surface area contributed by atoms with E-state index in [0.29, 0.717) is 13.0 Å². The Morgan fingerprint density at radius 3 is 2.62 bits per heavy atom. The third kappa shape index (κ3) is 5.56. The van der Waals surface area contributed by atoms with Crippen LogP contribution < -0.4 is 4.90 Å². The lowest BCUT2D eigenvalue weighted by Crippen LogP contribution is -2.39. The number of nitrogens with zero attached hydrogens (tertiary/aromatic N) is 5. The van der Waals surface area contributed by atoms with Crippen LogP contribution in [0.15, 0.2) is 41.8 Å². The van der Waals surface area contributed by atoms with Crippen LogP contribution in [0, 0.1) is 0 Å². The van der Waals surface area contributed by atoms with Crippen molar-refractivity contribution in [3.05, 3.63) is 41.8 Å². The first kappa shape index (κ1) is 23.2. The van der Waals surface area contributed by atoms with E-state index in [1.165, 1.54) is 0 Å². The lowest BCUT2D eigenvalue weighted by Gasteiger charge is -2.29. The first-order valence-electron chi connectivity index (χ1n) is 12.4. The van der Waals surface area contributed by atoms with Crippen molar-refractivity contribution in [2.75, 3.05) is 63.9 Å². The maximum Gasteiger partial charge on any atom is 0.224 e. The predicted octanol–water partition coefficient (Wildman–Crippen LogP) is 3.90. The molecule has 4 heterocycles. The lowest BCUT2D eigenvalue weighted by atomic mass is 10.2. The molecular formula is C26H33N5O2S. The van der Waals surface area contributed by atoms with Crippen molar-refractivity contribution in [2.24, 2.45) is 0 Å². The summed E-state index contributed by atoms with van der Waals surface area (Å²) in [5, 5.41) is 3.10. The molecule has 2 aromatic heterocycles. The monoisotopic (exact) mass is 479 g/mol. The third-order valence-electron chi connectivity index (χ3n) is 6.68. The van der Waals surface area contributed by atoms with E-state index in [2.05, 4.69) is 33.4 Å². The van der Waals surface area contributed by atoms with Crippen LogP contribution in [0.1, 0.15) is 25.7 Å². The number of thiophene rings is 1. The number of para-hydroxylation sites is 1. The Kier molecular flexibility index (Phi) is 7.68. The molecule has 0 N–H and O–H groups in total. The summed E-state index contributed by atoms with van der Waals surface area (Å²) in [6.07, 6.45) is 3.78. The highest BCUT2D eigenvalue weighted by Crippen LogP contribution is 2.30. The van der Waals surface area contributed by atoms with Gasteiger partial charge in [-0.15, -0.1) is 11.3 Å². The second-order valence-electron chi connectivity index (χ2n) is 9.00. The minimum atomic E-state index is 0.257. The van der Waals surface area contributed by atoms with Crippen LogP contribution in [0.25, 0.3) is 21.6 Å². The Morgan fingerprint density at radius 1 is 1.00 bits per heavy atom. The van der Waals surface area contributed by atoms with Crippen LogP contribution >= 0.6 is 11.3 Å². The van der Waals surface area contributed by atoms with Gasteiger partial charge in [-0.3, -0.25) is 9.69 Å². The fourth-order valence-corrected chi connectivity index (χ4v) is 5.46. The van der Waals surface area contributed by atoms with E-state index in [9.17, 15) is 4.79 Å². The molecule has 8 heteroatoms. The van der Waals surface area contributed by atoms with Crippen molar-refractivity contribution in [2.45, 2.75) is 25.7 Å². The average molecular weight is 480 g/mol. The summed E-state index contributed by atoms with van der Waals surface area (Å²) < 4.78 is 5.50. The number of morpholine rings is 1. The van der Waals surface area contributed by atoms with E-state index in [1.54, 1.807) is 11.3 Å². The van der Waals surface area contributed by atoms with Crippen molar-refractivity contribution in [3.63, 3.8) is 0 Å². The Hall–Kier alpha value is -2.55. The number of ether oxygens (including phenoxy) is 1. The molecule has 0 aliphatic carbocycles. The number of carbonyl (C=O) groups is 1. The summed E-state index contributed by atoms with van der Waals surface area (Å²) >= 11 is 1.65. The molecule has 0 bridgehead atoms. The minimum Gasteiger partial charge on any atom is -0.379 e. The first-order chi connectivity index (χ1) is 16.8. The molecule has 1 aromatic carbocycles. The highest BCUT2D eigenvalue weighted by atomic mass is 32.1. The van der Waals surface area contributed by atoms with E-state index in [1.807, 2.05) is 23.1 Å². The molecule has 0 radical (unpaired) electrons. The molecule has 0 atom stereocenters. The number of hydrogen-bond donors (Lipinski definition) is 0. The molecule has 7 nitrogen and oxygen atoms in total. The Bertz CT molecular complexity index is 1080. The molecule has 34 heavy (non-hydrogen) atoms. The third-order valence-corrected chi connectivity index (χ3v) is 7.55. The van der Waals surface area contributed by atoms with E-state index in [4.69, 9.17) is 14.7 Å². The predicted molar refractivity (Wildman–Crippen MR) is 137 cm³/mol. The molecule has 0 spiro atoms. The van der Waals surface area contributed by atoms with Crippen molar-refractivity contribution >= 4 is 34.0 Å². The van der Waals surface area contributed by atoms with Crippen LogP contribution in [-0.4, -0.2) is 84.7 Å². The Labute approximate surface area is 205 Å². The summed E-state index contributed by atoms with van der Waals surface area (Å²) in [7, 11) is 0. The number of aromatic nitrogens is 2. The minimum absolute atomic E-state index is 0.257. The zero-order chi connectivity index (χ0) is 23.2. The van der Waals surface area contributed by atoms with Crippen LogP contribution in [0.3, 0.4) is 0 Å². The Morgan fingerprint density at radius 2 is 1.82 bits per heavy atom. The van der Waals surface area contributed by atoms with E-state index in [0.717, 1.165) is 99.2 Å². The molecule has 2 saturated heterocycles. The summed E-state index contributed by atoms with van der Waals surface area (Å²) in [5.41, 5.74) is 0.944. The molecule has 3 aromatic rings. The van der Waals surface area contributed by atoms with Gasteiger partial charge in [-0.2, -0.15) is 0 Å². The van der Waals surface area contributed by atoms with Gasteiger partial charge in [0, 0.05) is 57.6 Å². The summed E-state index contributed by atoms with van der Waals surface area (Å²) in [6, 6.07) is 12.3. The highest BCUT2D eigenvalue weighted by molar-refractivity contribution is 7.13. The number of anilines is 1. The van der Waals surface area contributed by atoms with Gasteiger partial charge >= 0.3 is 0 Å². The van der Waals surface area contributed by atoms with Gasteiger partial charge in [0.1, 0.15) is 5.82 Å². The first-order valence-corrected chi connectivity index (χ1v) is 13.3. The molecule has 0 unspecified atom stereocenters. The van der Waals surface area contributed by atoms with E-state index in [-0.39, 0.29) is 5.91 Å². The van der Waals surface area contributed by atoms with E-state index >= 15 is 0 Å². The van der Waals surface area contributed by atoms with E-state index < -0.39 is 0 Å². The second-order valence-corrected chi connectivity index (χ2v) is 9.95. The van der Waals surface area contributed by atoms with Gasteiger partial charge in [0.15, 0.2) is 5.82 Å². The number of amides is 1. The largest absolute Gasteiger partial charge is 0.379 e. The van der Waals surface area contributed by atoms with Crippen LogP contribution in [-0.2, 0) is 9.53 Å². The zero-order valence-electron chi connectivity index (χ0n) is 19.7. The smallest absolute Gasteiger partial charge is 0.224 e. The van der Waals surface area contributed by atoms with Crippen molar-refractivity contribution in [3.8, 4) is 10.7 Å².